The highest BCUT2D eigenvalue weighted by Gasteiger charge is 2.27. The molecule has 0 aliphatic heterocycles. The van der Waals surface area contributed by atoms with Gasteiger partial charge in [0.2, 0.25) is 0 Å². The number of nitriles is 1. The van der Waals surface area contributed by atoms with Crippen LogP contribution in [0.4, 0.5) is 0 Å². The van der Waals surface area contributed by atoms with E-state index >= 15 is 0 Å². The molecule has 0 saturated carbocycles. The fourth-order valence-corrected chi connectivity index (χ4v) is 2.43. The molecular formula is C21H22N2O3. The monoisotopic (exact) mass is 350 g/mol. The Morgan fingerprint density at radius 1 is 1.04 bits per heavy atom. The highest BCUT2D eigenvalue weighted by Crippen LogP contribution is 2.18. The van der Waals surface area contributed by atoms with Crippen molar-refractivity contribution < 1.29 is 14.3 Å². The van der Waals surface area contributed by atoms with Crippen LogP contribution in [0.15, 0.2) is 54.6 Å². The third kappa shape index (κ3) is 5.18. The van der Waals surface area contributed by atoms with Crippen LogP contribution >= 0.6 is 0 Å². The quantitative estimate of drug-likeness (QED) is 0.773. The lowest BCUT2D eigenvalue weighted by Crippen LogP contribution is -2.46. The summed E-state index contributed by atoms with van der Waals surface area (Å²) in [7, 11) is 0. The van der Waals surface area contributed by atoms with Gasteiger partial charge in [-0.25, -0.2) is 4.79 Å². The van der Waals surface area contributed by atoms with Gasteiger partial charge in [-0.3, -0.25) is 4.79 Å². The summed E-state index contributed by atoms with van der Waals surface area (Å²) in [6, 6.07) is 17.8. The van der Waals surface area contributed by atoms with E-state index in [9.17, 15) is 9.59 Å². The molecule has 2 rings (SSSR count). The topological polar surface area (TPSA) is 70.4 Å². The lowest BCUT2D eigenvalue weighted by molar-refractivity contribution is -0.140. The fraction of sp³-hybridized carbons (Fsp3) is 0.286. The normalized spacial score (nSPS) is 10.7. The minimum absolute atomic E-state index is 0.261. The van der Waals surface area contributed by atoms with E-state index in [1.54, 1.807) is 4.90 Å². The Kier molecular flexibility index (Phi) is 6.13. The average molecular weight is 350 g/mol. The Hall–Kier alpha value is -3.13. The molecule has 0 aliphatic rings. The van der Waals surface area contributed by atoms with E-state index in [0.717, 1.165) is 5.56 Å². The summed E-state index contributed by atoms with van der Waals surface area (Å²) in [5.74, 6) is -0.847. The number of carbonyl (C=O) groups is 2. The van der Waals surface area contributed by atoms with Gasteiger partial charge in [0.05, 0.1) is 17.2 Å². The molecule has 5 heteroatoms. The number of carbonyl (C=O) groups excluding carboxylic acids is 2. The minimum atomic E-state index is -0.587. The zero-order valence-electron chi connectivity index (χ0n) is 15.2. The number of rotatable bonds is 5. The van der Waals surface area contributed by atoms with E-state index in [0.29, 0.717) is 17.7 Å². The molecular weight excluding hydrogens is 328 g/mol. The van der Waals surface area contributed by atoms with Crippen LogP contribution in [0.3, 0.4) is 0 Å². The predicted molar refractivity (Wildman–Crippen MR) is 98.2 cm³/mol. The van der Waals surface area contributed by atoms with E-state index in [1.807, 2.05) is 57.2 Å². The number of benzene rings is 2. The highest BCUT2D eigenvalue weighted by atomic mass is 16.5. The second-order valence-corrected chi connectivity index (χ2v) is 6.90. The van der Waals surface area contributed by atoms with Gasteiger partial charge >= 0.3 is 5.97 Å². The predicted octanol–water partition coefficient (Wildman–Crippen LogP) is 3.54. The Labute approximate surface area is 153 Å². The molecule has 2 aromatic carbocycles. The molecule has 5 nitrogen and oxygen atoms in total. The van der Waals surface area contributed by atoms with Gasteiger partial charge in [0.15, 0.2) is 6.61 Å². The maximum absolute atomic E-state index is 12.6. The number of hydrogen-bond acceptors (Lipinski definition) is 4. The van der Waals surface area contributed by atoms with Crippen molar-refractivity contribution in [3.05, 3.63) is 71.3 Å². The standard InChI is InChI=1S/C21H22N2O3/c1-21(2,3)23(14-17-7-5-4-6-8-17)19(24)15-26-20(25)18-11-9-16(13-22)10-12-18/h4-12H,14-15H2,1-3H3. The third-order valence-electron chi connectivity index (χ3n) is 3.87. The highest BCUT2D eigenvalue weighted by molar-refractivity contribution is 5.91. The van der Waals surface area contributed by atoms with E-state index in [1.165, 1.54) is 24.3 Å². The molecule has 134 valence electrons. The number of ether oxygens (including phenoxy) is 1. The van der Waals surface area contributed by atoms with Crippen molar-refractivity contribution in [1.29, 1.82) is 5.26 Å². The first-order valence-electron chi connectivity index (χ1n) is 8.33. The summed E-state index contributed by atoms with van der Waals surface area (Å²) in [6.45, 7) is 5.93. The summed E-state index contributed by atoms with van der Waals surface area (Å²) < 4.78 is 5.16. The second kappa shape index (κ2) is 8.30. The molecule has 0 atom stereocenters. The molecule has 0 unspecified atom stereocenters. The van der Waals surface area contributed by atoms with Gasteiger partial charge in [-0.15, -0.1) is 0 Å². The van der Waals surface area contributed by atoms with E-state index in [2.05, 4.69) is 0 Å². The third-order valence-corrected chi connectivity index (χ3v) is 3.87. The first kappa shape index (κ1) is 19.2. The van der Waals surface area contributed by atoms with Gasteiger partial charge in [-0.1, -0.05) is 30.3 Å². The summed E-state index contributed by atoms with van der Waals surface area (Å²) in [4.78, 5) is 26.4. The first-order chi connectivity index (χ1) is 12.3. The maximum Gasteiger partial charge on any atom is 0.338 e. The molecule has 0 radical (unpaired) electrons. The Morgan fingerprint density at radius 2 is 1.65 bits per heavy atom. The van der Waals surface area contributed by atoms with Crippen LogP contribution in [0.1, 0.15) is 42.3 Å². The van der Waals surface area contributed by atoms with Crippen molar-refractivity contribution >= 4 is 11.9 Å². The molecule has 2 aromatic rings. The van der Waals surface area contributed by atoms with Crippen molar-refractivity contribution in [2.24, 2.45) is 0 Å². The molecule has 0 aromatic heterocycles. The molecule has 0 heterocycles. The van der Waals surface area contributed by atoms with Crippen LogP contribution in [-0.4, -0.2) is 28.9 Å². The minimum Gasteiger partial charge on any atom is -0.452 e. The van der Waals surface area contributed by atoms with E-state index in [-0.39, 0.29) is 12.5 Å². The summed E-state index contributed by atoms with van der Waals surface area (Å²) in [5.41, 5.74) is 1.36. The molecule has 26 heavy (non-hydrogen) atoms. The Bertz CT molecular complexity index is 800. The number of hydrogen-bond donors (Lipinski definition) is 0. The number of esters is 1. The average Bonchev–Trinajstić information content (AvgIpc) is 2.64. The maximum atomic E-state index is 12.6. The van der Waals surface area contributed by atoms with Crippen LogP contribution in [-0.2, 0) is 16.1 Å². The van der Waals surface area contributed by atoms with Gasteiger partial charge in [-0.2, -0.15) is 5.26 Å². The van der Waals surface area contributed by atoms with Gasteiger partial charge < -0.3 is 9.64 Å². The lowest BCUT2D eigenvalue weighted by Gasteiger charge is -2.35. The van der Waals surface area contributed by atoms with Crippen LogP contribution in [0.5, 0.6) is 0 Å². The second-order valence-electron chi connectivity index (χ2n) is 6.90. The van der Waals surface area contributed by atoms with Gasteiger partial charge in [0.25, 0.3) is 5.91 Å². The molecule has 0 bridgehead atoms. The first-order valence-corrected chi connectivity index (χ1v) is 8.33. The van der Waals surface area contributed by atoms with Crippen molar-refractivity contribution in [2.75, 3.05) is 6.61 Å². The Morgan fingerprint density at radius 3 is 2.19 bits per heavy atom. The van der Waals surface area contributed by atoms with Gasteiger partial charge in [0.1, 0.15) is 0 Å². The van der Waals surface area contributed by atoms with Crippen molar-refractivity contribution in [1.82, 2.24) is 4.90 Å². The van der Waals surface area contributed by atoms with Crippen molar-refractivity contribution in [2.45, 2.75) is 32.9 Å². The van der Waals surface area contributed by atoms with Crippen molar-refractivity contribution in [3.8, 4) is 6.07 Å². The smallest absolute Gasteiger partial charge is 0.338 e. The number of nitrogens with zero attached hydrogens (tertiary/aromatic N) is 2. The molecule has 0 spiro atoms. The Balaban J connectivity index is 2.02. The van der Waals surface area contributed by atoms with Gasteiger partial charge in [-0.05, 0) is 50.6 Å². The zero-order valence-corrected chi connectivity index (χ0v) is 15.2. The van der Waals surface area contributed by atoms with Crippen LogP contribution in [0.25, 0.3) is 0 Å². The molecule has 0 N–H and O–H groups in total. The summed E-state index contributed by atoms with van der Waals surface area (Å²) in [5, 5.41) is 8.79. The largest absolute Gasteiger partial charge is 0.452 e. The zero-order chi connectivity index (χ0) is 19.2. The fourth-order valence-electron chi connectivity index (χ4n) is 2.43. The van der Waals surface area contributed by atoms with Crippen molar-refractivity contribution in [3.63, 3.8) is 0 Å². The summed E-state index contributed by atoms with van der Waals surface area (Å²) >= 11 is 0. The van der Waals surface area contributed by atoms with Gasteiger partial charge in [0, 0.05) is 12.1 Å². The lowest BCUT2D eigenvalue weighted by atomic mass is 10.0. The van der Waals surface area contributed by atoms with Crippen LogP contribution in [0.2, 0.25) is 0 Å². The molecule has 1 amide bonds. The van der Waals surface area contributed by atoms with Crippen LogP contribution < -0.4 is 0 Å². The molecule has 0 saturated heterocycles. The van der Waals surface area contributed by atoms with Crippen LogP contribution in [0, 0.1) is 11.3 Å². The van der Waals surface area contributed by atoms with E-state index in [4.69, 9.17) is 10.00 Å². The molecule has 0 fully saturated rings. The van der Waals surface area contributed by atoms with E-state index < -0.39 is 11.5 Å². The number of amides is 1. The molecule has 0 aliphatic carbocycles. The summed E-state index contributed by atoms with van der Waals surface area (Å²) in [6.07, 6.45) is 0. The SMILES string of the molecule is CC(C)(C)N(Cc1ccccc1)C(=O)COC(=O)c1ccc(C#N)cc1.